The predicted molar refractivity (Wildman–Crippen MR) is 70.3 cm³/mol. The van der Waals surface area contributed by atoms with Gasteiger partial charge in [0.05, 0.1) is 0 Å². The van der Waals surface area contributed by atoms with Gasteiger partial charge in [-0.3, -0.25) is 0 Å². The molecule has 0 saturated carbocycles. The maximum absolute atomic E-state index is 3.44. The van der Waals surface area contributed by atoms with Crippen LogP contribution in [0.2, 0.25) is 0 Å². The van der Waals surface area contributed by atoms with Gasteiger partial charge in [-0.2, -0.15) is 0 Å². The lowest BCUT2D eigenvalue weighted by atomic mass is 9.83. The minimum atomic E-state index is 0.401. The lowest BCUT2D eigenvalue weighted by Crippen LogP contribution is -2.37. The highest BCUT2D eigenvalue weighted by Gasteiger charge is 2.21. The summed E-state index contributed by atoms with van der Waals surface area (Å²) in [6, 6.07) is 0.670. The van der Waals surface area contributed by atoms with Crippen LogP contribution in [-0.4, -0.2) is 13.1 Å². The van der Waals surface area contributed by atoms with E-state index in [0.717, 1.165) is 0 Å². The van der Waals surface area contributed by atoms with Crippen molar-refractivity contribution in [1.29, 1.82) is 0 Å². The van der Waals surface area contributed by atoms with Crippen molar-refractivity contribution in [2.24, 2.45) is 5.41 Å². The number of hydrogen-bond donors (Lipinski definition) is 1. The van der Waals surface area contributed by atoms with Crippen molar-refractivity contribution in [2.45, 2.75) is 78.7 Å². The molecule has 1 atom stereocenters. The smallest absolute Gasteiger partial charge is 0.0113 e. The Morgan fingerprint density at radius 3 is 1.93 bits per heavy atom. The largest absolute Gasteiger partial charge is 0.316 e. The van der Waals surface area contributed by atoms with Crippen LogP contribution in [0.25, 0.3) is 0 Å². The van der Waals surface area contributed by atoms with Gasteiger partial charge in [0, 0.05) is 6.04 Å². The van der Waals surface area contributed by atoms with E-state index < -0.39 is 0 Å². The van der Waals surface area contributed by atoms with E-state index >= 15 is 0 Å². The second-order valence-corrected chi connectivity index (χ2v) is 5.76. The van der Waals surface area contributed by atoms with Crippen molar-refractivity contribution >= 4 is 0 Å². The molecular weight excluding hydrogens is 182 g/mol. The van der Waals surface area contributed by atoms with Gasteiger partial charge in [-0.1, -0.05) is 66.2 Å². The van der Waals surface area contributed by atoms with Gasteiger partial charge in [-0.05, 0) is 18.9 Å². The number of nitrogens with one attached hydrogen (secondary N) is 1. The Bertz CT molecular complexity index is 135. The molecule has 1 N–H and O–H groups in total. The summed E-state index contributed by atoms with van der Waals surface area (Å²) in [5, 5.41) is 3.44. The molecule has 0 heterocycles. The van der Waals surface area contributed by atoms with Crippen molar-refractivity contribution in [3.8, 4) is 0 Å². The first-order valence-corrected chi connectivity index (χ1v) is 6.69. The number of rotatable bonds is 8. The van der Waals surface area contributed by atoms with Crippen LogP contribution in [0.1, 0.15) is 72.6 Å². The van der Waals surface area contributed by atoms with Crippen LogP contribution in [0.15, 0.2) is 0 Å². The fourth-order valence-corrected chi connectivity index (χ4v) is 2.14. The zero-order chi connectivity index (χ0) is 11.7. The highest BCUT2D eigenvalue weighted by atomic mass is 14.9. The van der Waals surface area contributed by atoms with Crippen LogP contribution in [0, 0.1) is 5.41 Å². The molecule has 0 aliphatic carbocycles. The molecule has 0 aliphatic heterocycles. The molecule has 0 rings (SSSR count). The summed E-state index contributed by atoms with van der Waals surface area (Å²) in [7, 11) is 2.09. The van der Waals surface area contributed by atoms with Crippen molar-refractivity contribution < 1.29 is 0 Å². The molecule has 0 spiro atoms. The second kappa shape index (κ2) is 8.15. The first kappa shape index (κ1) is 15.0. The number of hydrogen-bond acceptors (Lipinski definition) is 1. The van der Waals surface area contributed by atoms with E-state index in [1.54, 1.807) is 0 Å². The van der Waals surface area contributed by atoms with Crippen LogP contribution in [0.4, 0.5) is 0 Å². The summed E-state index contributed by atoms with van der Waals surface area (Å²) in [4.78, 5) is 0. The zero-order valence-electron chi connectivity index (χ0n) is 11.5. The molecular formula is C14H31N. The standard InChI is InChI=1S/C14H31N/c1-6-7-8-9-10-11-12-13(15-5)14(2,3)4/h13,15H,6-12H2,1-5H3. The van der Waals surface area contributed by atoms with Gasteiger partial charge in [0.1, 0.15) is 0 Å². The zero-order valence-corrected chi connectivity index (χ0v) is 11.5. The Morgan fingerprint density at radius 1 is 0.933 bits per heavy atom. The summed E-state index contributed by atoms with van der Waals surface area (Å²) in [6.07, 6.45) is 9.73. The molecule has 0 amide bonds. The maximum Gasteiger partial charge on any atom is 0.0113 e. The molecule has 0 aromatic rings. The molecule has 0 aromatic carbocycles. The third kappa shape index (κ3) is 7.84. The molecule has 0 aromatic heterocycles. The van der Waals surface area contributed by atoms with E-state index in [1.165, 1.54) is 44.9 Å². The summed E-state index contributed by atoms with van der Waals surface area (Å²) in [5.41, 5.74) is 0.401. The van der Waals surface area contributed by atoms with E-state index in [0.29, 0.717) is 11.5 Å². The second-order valence-electron chi connectivity index (χ2n) is 5.76. The maximum atomic E-state index is 3.44. The van der Waals surface area contributed by atoms with E-state index in [4.69, 9.17) is 0 Å². The molecule has 0 fully saturated rings. The van der Waals surface area contributed by atoms with Gasteiger partial charge in [0.2, 0.25) is 0 Å². The van der Waals surface area contributed by atoms with Gasteiger partial charge < -0.3 is 5.32 Å². The molecule has 92 valence electrons. The summed E-state index contributed by atoms with van der Waals surface area (Å²) >= 11 is 0. The van der Waals surface area contributed by atoms with Crippen LogP contribution < -0.4 is 5.32 Å². The molecule has 0 saturated heterocycles. The Hall–Kier alpha value is -0.0400. The minimum Gasteiger partial charge on any atom is -0.316 e. The molecule has 15 heavy (non-hydrogen) atoms. The van der Waals surface area contributed by atoms with E-state index in [2.05, 4.69) is 40.1 Å². The normalized spacial score (nSPS) is 14.2. The monoisotopic (exact) mass is 213 g/mol. The highest BCUT2D eigenvalue weighted by Crippen LogP contribution is 2.23. The minimum absolute atomic E-state index is 0.401. The molecule has 1 unspecified atom stereocenters. The van der Waals surface area contributed by atoms with Gasteiger partial charge in [0.25, 0.3) is 0 Å². The van der Waals surface area contributed by atoms with Crippen LogP contribution >= 0.6 is 0 Å². The van der Waals surface area contributed by atoms with Crippen molar-refractivity contribution in [2.75, 3.05) is 7.05 Å². The molecule has 1 heteroatoms. The average Bonchev–Trinajstić information content (AvgIpc) is 2.15. The lowest BCUT2D eigenvalue weighted by Gasteiger charge is -2.30. The molecule has 0 aliphatic rings. The first-order chi connectivity index (χ1) is 7.02. The molecule has 0 bridgehead atoms. The van der Waals surface area contributed by atoms with Crippen molar-refractivity contribution in [3.05, 3.63) is 0 Å². The van der Waals surface area contributed by atoms with Gasteiger partial charge in [-0.15, -0.1) is 0 Å². The quantitative estimate of drug-likeness (QED) is 0.590. The Morgan fingerprint density at radius 2 is 1.47 bits per heavy atom. The fourth-order valence-electron chi connectivity index (χ4n) is 2.14. The first-order valence-electron chi connectivity index (χ1n) is 6.69. The highest BCUT2D eigenvalue weighted by molar-refractivity contribution is 4.78. The summed E-state index contributed by atoms with van der Waals surface area (Å²) in [5.74, 6) is 0. The van der Waals surface area contributed by atoms with Crippen LogP contribution in [0.3, 0.4) is 0 Å². The summed E-state index contributed by atoms with van der Waals surface area (Å²) in [6.45, 7) is 9.25. The molecule has 0 radical (unpaired) electrons. The third-order valence-electron chi connectivity index (χ3n) is 3.24. The topological polar surface area (TPSA) is 12.0 Å². The van der Waals surface area contributed by atoms with Crippen molar-refractivity contribution in [1.82, 2.24) is 5.32 Å². The van der Waals surface area contributed by atoms with Gasteiger partial charge in [-0.25, -0.2) is 0 Å². The van der Waals surface area contributed by atoms with Crippen LogP contribution in [0.5, 0.6) is 0 Å². The predicted octanol–water partition coefficient (Wildman–Crippen LogP) is 4.37. The number of unbranched alkanes of at least 4 members (excludes halogenated alkanes) is 5. The van der Waals surface area contributed by atoms with Gasteiger partial charge in [0.15, 0.2) is 0 Å². The average molecular weight is 213 g/mol. The fraction of sp³-hybridized carbons (Fsp3) is 1.00. The Labute approximate surface area is 97.0 Å². The SMILES string of the molecule is CCCCCCCCC(NC)C(C)(C)C. The van der Waals surface area contributed by atoms with Crippen molar-refractivity contribution in [3.63, 3.8) is 0 Å². The lowest BCUT2D eigenvalue weighted by molar-refractivity contribution is 0.261. The summed E-state index contributed by atoms with van der Waals surface area (Å²) < 4.78 is 0. The Balaban J connectivity index is 3.48. The van der Waals surface area contributed by atoms with E-state index in [-0.39, 0.29) is 0 Å². The molecule has 1 nitrogen and oxygen atoms in total. The van der Waals surface area contributed by atoms with Crippen LogP contribution in [-0.2, 0) is 0 Å². The van der Waals surface area contributed by atoms with E-state index in [1.807, 2.05) is 0 Å². The van der Waals surface area contributed by atoms with E-state index in [9.17, 15) is 0 Å². The Kier molecular flexibility index (Phi) is 8.13. The third-order valence-corrected chi connectivity index (χ3v) is 3.24. The van der Waals surface area contributed by atoms with Gasteiger partial charge >= 0.3 is 0 Å².